The predicted molar refractivity (Wildman–Crippen MR) is 81.0 cm³/mol. The Morgan fingerprint density at radius 2 is 1.76 bits per heavy atom. The van der Waals surface area contributed by atoms with Crippen LogP contribution in [0.4, 0.5) is 0 Å². The zero-order chi connectivity index (χ0) is 12.8. The molecule has 1 aromatic rings. The first kappa shape index (κ1) is 14.9. The average molecular weight is 347 g/mol. The van der Waals surface area contributed by atoms with Gasteiger partial charge in [-0.25, -0.2) is 0 Å². The van der Waals surface area contributed by atoms with Gasteiger partial charge < -0.3 is 10.4 Å². The number of aliphatic hydroxyl groups excluding tert-OH is 1. The van der Waals surface area contributed by atoms with Gasteiger partial charge in [-0.2, -0.15) is 0 Å². The molecular formula is C14H22INO. The van der Waals surface area contributed by atoms with E-state index in [1.807, 2.05) is 0 Å². The van der Waals surface area contributed by atoms with Crippen molar-refractivity contribution in [2.75, 3.05) is 6.61 Å². The van der Waals surface area contributed by atoms with Crippen LogP contribution in [0.15, 0.2) is 24.3 Å². The second-order valence-corrected chi connectivity index (χ2v) is 6.05. The van der Waals surface area contributed by atoms with Gasteiger partial charge in [0.15, 0.2) is 0 Å². The summed E-state index contributed by atoms with van der Waals surface area (Å²) in [4.78, 5) is 0. The molecule has 2 atom stereocenters. The fraction of sp³-hybridized carbons (Fsp3) is 0.571. The van der Waals surface area contributed by atoms with E-state index in [1.165, 1.54) is 9.13 Å². The molecule has 0 saturated carbocycles. The molecule has 0 bridgehead atoms. The summed E-state index contributed by atoms with van der Waals surface area (Å²) < 4.78 is 1.26. The second-order valence-electron chi connectivity index (χ2n) is 4.80. The number of nitrogens with one attached hydrogen (secondary N) is 1. The highest BCUT2D eigenvalue weighted by Crippen LogP contribution is 2.17. The summed E-state index contributed by atoms with van der Waals surface area (Å²) in [5, 5.41) is 12.7. The van der Waals surface area contributed by atoms with Crippen molar-refractivity contribution >= 4 is 22.6 Å². The normalized spacial score (nSPS) is 14.9. The Kier molecular flexibility index (Phi) is 6.44. The molecule has 17 heavy (non-hydrogen) atoms. The Balaban J connectivity index is 2.63. The summed E-state index contributed by atoms with van der Waals surface area (Å²) >= 11 is 2.32. The van der Waals surface area contributed by atoms with Crippen LogP contribution in [0.1, 0.15) is 38.8 Å². The topological polar surface area (TPSA) is 32.3 Å². The number of benzene rings is 1. The number of hydrogen-bond acceptors (Lipinski definition) is 2. The third kappa shape index (κ3) is 4.94. The van der Waals surface area contributed by atoms with Crippen molar-refractivity contribution in [2.24, 2.45) is 5.92 Å². The average Bonchev–Trinajstić information content (AvgIpc) is 2.29. The summed E-state index contributed by atoms with van der Waals surface area (Å²) in [6, 6.07) is 9.28. The largest absolute Gasteiger partial charge is 0.396 e. The van der Waals surface area contributed by atoms with Gasteiger partial charge >= 0.3 is 0 Å². The monoisotopic (exact) mass is 347 g/mol. The third-order valence-corrected chi connectivity index (χ3v) is 3.80. The summed E-state index contributed by atoms with van der Waals surface area (Å²) in [7, 11) is 0. The van der Waals surface area contributed by atoms with Crippen molar-refractivity contribution in [3.8, 4) is 0 Å². The Hall–Kier alpha value is -0.130. The van der Waals surface area contributed by atoms with E-state index >= 15 is 0 Å². The minimum Gasteiger partial charge on any atom is -0.396 e. The zero-order valence-electron chi connectivity index (χ0n) is 10.8. The highest BCUT2D eigenvalue weighted by Gasteiger charge is 2.16. The maximum absolute atomic E-state index is 9.06. The van der Waals surface area contributed by atoms with E-state index < -0.39 is 0 Å². The summed E-state index contributed by atoms with van der Waals surface area (Å²) in [6.07, 6.45) is 0.812. The van der Waals surface area contributed by atoms with Crippen LogP contribution in [-0.4, -0.2) is 17.8 Å². The Morgan fingerprint density at radius 1 is 1.18 bits per heavy atom. The van der Waals surface area contributed by atoms with Crippen LogP contribution in [0.2, 0.25) is 0 Å². The van der Waals surface area contributed by atoms with Gasteiger partial charge in [0.25, 0.3) is 0 Å². The minimum absolute atomic E-state index is 0.245. The molecule has 2 unspecified atom stereocenters. The molecule has 0 heterocycles. The number of aliphatic hydroxyl groups is 1. The molecule has 0 radical (unpaired) electrons. The van der Waals surface area contributed by atoms with Crippen LogP contribution in [0.25, 0.3) is 0 Å². The predicted octanol–water partition coefficient (Wildman–Crippen LogP) is 3.35. The van der Waals surface area contributed by atoms with E-state index in [9.17, 15) is 0 Å². The second kappa shape index (κ2) is 7.34. The van der Waals surface area contributed by atoms with Gasteiger partial charge in [-0.3, -0.25) is 0 Å². The first-order chi connectivity index (χ1) is 8.04. The summed E-state index contributed by atoms with van der Waals surface area (Å²) in [5.74, 6) is 0.536. The lowest BCUT2D eigenvalue weighted by atomic mass is 9.99. The minimum atomic E-state index is 0.245. The van der Waals surface area contributed by atoms with Gasteiger partial charge in [0.2, 0.25) is 0 Å². The molecule has 2 N–H and O–H groups in total. The van der Waals surface area contributed by atoms with Crippen molar-refractivity contribution in [2.45, 2.75) is 39.3 Å². The molecule has 0 saturated heterocycles. The highest BCUT2D eigenvalue weighted by molar-refractivity contribution is 14.1. The van der Waals surface area contributed by atoms with Gasteiger partial charge in [0.1, 0.15) is 0 Å². The number of halogens is 1. The summed E-state index contributed by atoms with van der Waals surface area (Å²) in [5.41, 5.74) is 1.30. The maximum atomic E-state index is 9.06. The maximum Gasteiger partial charge on any atom is 0.0445 e. The molecule has 96 valence electrons. The first-order valence-electron chi connectivity index (χ1n) is 6.17. The van der Waals surface area contributed by atoms with Gasteiger partial charge in [-0.1, -0.05) is 26.0 Å². The van der Waals surface area contributed by atoms with Gasteiger partial charge in [0, 0.05) is 22.3 Å². The fourth-order valence-electron chi connectivity index (χ4n) is 1.92. The molecular weight excluding hydrogens is 325 g/mol. The highest BCUT2D eigenvalue weighted by atomic mass is 127. The number of hydrogen-bond donors (Lipinski definition) is 2. The Labute approximate surface area is 118 Å². The summed E-state index contributed by atoms with van der Waals surface area (Å²) in [6.45, 7) is 6.80. The van der Waals surface area contributed by atoms with Gasteiger partial charge in [0.05, 0.1) is 0 Å². The molecule has 1 rings (SSSR count). The number of rotatable bonds is 6. The van der Waals surface area contributed by atoms with Crippen molar-refractivity contribution in [1.82, 2.24) is 5.32 Å². The molecule has 3 heteroatoms. The van der Waals surface area contributed by atoms with E-state index in [-0.39, 0.29) is 6.61 Å². The molecule has 0 aliphatic heterocycles. The van der Waals surface area contributed by atoms with E-state index in [2.05, 4.69) is 72.9 Å². The SMILES string of the molecule is CC(NC(CCO)C(C)C)c1ccc(I)cc1. The Morgan fingerprint density at radius 3 is 2.24 bits per heavy atom. The standard InChI is InChI=1S/C14H22INO/c1-10(2)14(8-9-17)16-11(3)12-4-6-13(15)7-5-12/h4-7,10-11,14,16-17H,8-9H2,1-3H3. The van der Waals surface area contributed by atoms with Crippen molar-refractivity contribution in [1.29, 1.82) is 0 Å². The van der Waals surface area contributed by atoms with Crippen molar-refractivity contribution < 1.29 is 5.11 Å². The van der Waals surface area contributed by atoms with Gasteiger partial charge in [-0.05, 0) is 59.5 Å². The Bertz CT molecular complexity index is 323. The zero-order valence-corrected chi connectivity index (χ0v) is 12.9. The lowest BCUT2D eigenvalue weighted by Gasteiger charge is -2.26. The van der Waals surface area contributed by atoms with E-state index in [1.54, 1.807) is 0 Å². The van der Waals surface area contributed by atoms with E-state index in [0.29, 0.717) is 18.0 Å². The first-order valence-corrected chi connectivity index (χ1v) is 7.24. The fourth-order valence-corrected chi connectivity index (χ4v) is 2.28. The smallest absolute Gasteiger partial charge is 0.0445 e. The molecule has 0 fully saturated rings. The quantitative estimate of drug-likeness (QED) is 0.774. The van der Waals surface area contributed by atoms with E-state index in [0.717, 1.165) is 6.42 Å². The van der Waals surface area contributed by atoms with Crippen LogP contribution in [0.3, 0.4) is 0 Å². The molecule has 1 aromatic carbocycles. The lowest BCUT2D eigenvalue weighted by Crippen LogP contribution is -2.36. The molecule has 0 amide bonds. The third-order valence-electron chi connectivity index (χ3n) is 3.08. The van der Waals surface area contributed by atoms with Gasteiger partial charge in [-0.15, -0.1) is 0 Å². The van der Waals surface area contributed by atoms with Crippen molar-refractivity contribution in [3.63, 3.8) is 0 Å². The molecule has 0 aliphatic rings. The van der Waals surface area contributed by atoms with E-state index in [4.69, 9.17) is 5.11 Å². The molecule has 0 aliphatic carbocycles. The van der Waals surface area contributed by atoms with Crippen LogP contribution in [0, 0.1) is 9.49 Å². The lowest BCUT2D eigenvalue weighted by molar-refractivity contribution is 0.237. The van der Waals surface area contributed by atoms with Crippen LogP contribution >= 0.6 is 22.6 Å². The van der Waals surface area contributed by atoms with Crippen LogP contribution in [-0.2, 0) is 0 Å². The molecule has 2 nitrogen and oxygen atoms in total. The van der Waals surface area contributed by atoms with Crippen molar-refractivity contribution in [3.05, 3.63) is 33.4 Å². The van der Waals surface area contributed by atoms with Crippen LogP contribution in [0.5, 0.6) is 0 Å². The molecule has 0 spiro atoms. The molecule has 0 aromatic heterocycles. The van der Waals surface area contributed by atoms with Crippen LogP contribution < -0.4 is 5.32 Å².